The van der Waals surface area contributed by atoms with Crippen molar-refractivity contribution in [1.82, 2.24) is 4.98 Å². The zero-order chi connectivity index (χ0) is 18.5. The summed E-state index contributed by atoms with van der Waals surface area (Å²) in [4.78, 5) is 28.7. The number of thioether (sulfide) groups is 1. The predicted octanol–water partition coefficient (Wildman–Crippen LogP) is 4.54. The van der Waals surface area contributed by atoms with Gasteiger partial charge in [-0.25, -0.2) is 4.98 Å². The van der Waals surface area contributed by atoms with Crippen LogP contribution in [0.15, 0.2) is 59.6 Å². The number of carbonyl (C=O) groups excluding carboxylic acids is 2. The zero-order valence-electron chi connectivity index (χ0n) is 14.8. The van der Waals surface area contributed by atoms with Crippen molar-refractivity contribution in [2.45, 2.75) is 25.3 Å². The van der Waals surface area contributed by atoms with Crippen LogP contribution in [0.2, 0.25) is 0 Å². The molecule has 0 aliphatic heterocycles. The lowest BCUT2D eigenvalue weighted by Crippen LogP contribution is -2.17. The van der Waals surface area contributed by atoms with Gasteiger partial charge >= 0.3 is 0 Å². The summed E-state index contributed by atoms with van der Waals surface area (Å²) < 4.78 is 0. The van der Waals surface area contributed by atoms with Crippen LogP contribution in [0.3, 0.4) is 0 Å². The molecule has 132 valence electrons. The summed E-state index contributed by atoms with van der Waals surface area (Å²) in [6.07, 6.45) is -0.131. The molecular formula is C21H20N2O2S. The van der Waals surface area contributed by atoms with Gasteiger partial charge in [0, 0.05) is 11.1 Å². The summed E-state index contributed by atoms with van der Waals surface area (Å²) in [5, 5.41) is 4.66. The van der Waals surface area contributed by atoms with Crippen LogP contribution in [-0.4, -0.2) is 22.4 Å². The fourth-order valence-electron chi connectivity index (χ4n) is 2.64. The van der Waals surface area contributed by atoms with Gasteiger partial charge in [0.15, 0.2) is 5.78 Å². The number of pyridine rings is 1. The van der Waals surface area contributed by atoms with Gasteiger partial charge in [0.05, 0.1) is 17.7 Å². The molecule has 0 spiro atoms. The van der Waals surface area contributed by atoms with E-state index in [9.17, 15) is 9.59 Å². The molecule has 5 heteroatoms. The van der Waals surface area contributed by atoms with Crippen molar-refractivity contribution in [2.75, 3.05) is 11.1 Å². The number of hydrogen-bond donors (Lipinski definition) is 1. The lowest BCUT2D eigenvalue weighted by atomic mass is 10.1. The number of amides is 1. The highest BCUT2D eigenvalue weighted by Gasteiger charge is 2.12. The van der Waals surface area contributed by atoms with E-state index in [0.29, 0.717) is 5.69 Å². The van der Waals surface area contributed by atoms with E-state index in [2.05, 4.69) is 29.4 Å². The van der Waals surface area contributed by atoms with E-state index in [0.717, 1.165) is 21.5 Å². The molecule has 1 aromatic heterocycles. The Hall–Kier alpha value is -2.66. The third-order valence-electron chi connectivity index (χ3n) is 3.90. The first-order valence-corrected chi connectivity index (χ1v) is 9.37. The molecule has 0 saturated heterocycles. The van der Waals surface area contributed by atoms with E-state index in [1.165, 1.54) is 17.3 Å². The summed E-state index contributed by atoms with van der Waals surface area (Å²) >= 11 is 1.38. The van der Waals surface area contributed by atoms with Crippen molar-refractivity contribution in [3.05, 3.63) is 65.7 Å². The Morgan fingerprint density at radius 3 is 2.58 bits per heavy atom. The first-order chi connectivity index (χ1) is 12.5. The molecule has 1 N–H and O–H groups in total. The topological polar surface area (TPSA) is 59.1 Å². The molecule has 3 aromatic rings. The number of fused-ring (bicyclic) bond motifs is 1. The molecule has 4 nitrogen and oxygen atoms in total. The first-order valence-electron chi connectivity index (χ1n) is 8.38. The molecule has 0 aliphatic rings. The maximum atomic E-state index is 12.1. The quantitative estimate of drug-likeness (QED) is 0.515. The summed E-state index contributed by atoms with van der Waals surface area (Å²) in [7, 11) is 0. The monoisotopic (exact) mass is 364 g/mol. The van der Waals surface area contributed by atoms with Gasteiger partial charge < -0.3 is 5.32 Å². The summed E-state index contributed by atoms with van der Waals surface area (Å²) in [6, 6.07) is 17.3. The molecule has 0 fully saturated rings. The highest BCUT2D eigenvalue weighted by atomic mass is 32.2. The number of nitrogens with one attached hydrogen (secondary N) is 1. The Morgan fingerprint density at radius 1 is 1.04 bits per heavy atom. The number of anilines is 1. The van der Waals surface area contributed by atoms with Crippen molar-refractivity contribution in [1.29, 1.82) is 0 Å². The second-order valence-electron chi connectivity index (χ2n) is 6.22. The summed E-state index contributed by atoms with van der Waals surface area (Å²) in [5.41, 5.74) is 3.84. The standard InChI is InChI=1S/C21H20N2O2S/c1-14-8-9-19-16(10-14)11-15(2)21(23-19)26-13-18(24)12-20(25)22-17-6-4-3-5-7-17/h3-11H,12-13H2,1-2H3,(H,22,25). The van der Waals surface area contributed by atoms with Crippen LogP contribution in [0, 0.1) is 13.8 Å². The minimum absolute atomic E-state index is 0.117. The number of ketones is 1. The van der Waals surface area contributed by atoms with Crippen LogP contribution in [0.5, 0.6) is 0 Å². The molecule has 0 radical (unpaired) electrons. The van der Waals surface area contributed by atoms with Gasteiger partial charge in [0.2, 0.25) is 5.91 Å². The number of nitrogens with zero attached hydrogens (tertiary/aromatic N) is 1. The van der Waals surface area contributed by atoms with Crippen LogP contribution >= 0.6 is 11.8 Å². The highest BCUT2D eigenvalue weighted by Crippen LogP contribution is 2.25. The lowest BCUT2D eigenvalue weighted by molar-refractivity contribution is -0.123. The van der Waals surface area contributed by atoms with E-state index in [4.69, 9.17) is 0 Å². The molecule has 3 rings (SSSR count). The van der Waals surface area contributed by atoms with Crippen molar-refractivity contribution < 1.29 is 9.59 Å². The molecule has 0 atom stereocenters. The minimum atomic E-state index is -0.291. The van der Waals surface area contributed by atoms with E-state index in [1.807, 2.05) is 37.3 Å². The second kappa shape index (κ2) is 8.15. The van der Waals surface area contributed by atoms with Gasteiger partial charge in [-0.3, -0.25) is 9.59 Å². The molecule has 0 saturated carbocycles. The summed E-state index contributed by atoms with van der Waals surface area (Å²) in [6.45, 7) is 4.04. The van der Waals surface area contributed by atoms with Gasteiger partial charge in [-0.2, -0.15) is 0 Å². The predicted molar refractivity (Wildman–Crippen MR) is 107 cm³/mol. The Kier molecular flexibility index (Phi) is 5.68. The number of Topliss-reactive ketones (excluding diaryl/α,β-unsaturated/α-hetero) is 1. The highest BCUT2D eigenvalue weighted by molar-refractivity contribution is 8.00. The minimum Gasteiger partial charge on any atom is -0.326 e. The molecule has 1 heterocycles. The number of para-hydroxylation sites is 1. The average Bonchev–Trinajstić information content (AvgIpc) is 2.60. The number of aromatic nitrogens is 1. The molecule has 0 bridgehead atoms. The van der Waals surface area contributed by atoms with Crippen LogP contribution in [0.1, 0.15) is 17.5 Å². The normalized spacial score (nSPS) is 10.7. The fourth-order valence-corrected chi connectivity index (χ4v) is 3.48. The average molecular weight is 364 g/mol. The van der Waals surface area contributed by atoms with Crippen LogP contribution in [0.4, 0.5) is 5.69 Å². The van der Waals surface area contributed by atoms with E-state index >= 15 is 0 Å². The Balaban J connectivity index is 1.59. The van der Waals surface area contributed by atoms with E-state index in [1.54, 1.807) is 12.1 Å². The van der Waals surface area contributed by atoms with Crippen molar-refractivity contribution in [3.63, 3.8) is 0 Å². The SMILES string of the molecule is Cc1ccc2nc(SCC(=O)CC(=O)Nc3ccccc3)c(C)cc2c1. The maximum absolute atomic E-state index is 12.1. The Labute approximate surface area is 157 Å². The number of hydrogen-bond acceptors (Lipinski definition) is 4. The van der Waals surface area contributed by atoms with Gasteiger partial charge in [0.1, 0.15) is 5.03 Å². The second-order valence-corrected chi connectivity index (χ2v) is 7.19. The van der Waals surface area contributed by atoms with Gasteiger partial charge in [0.25, 0.3) is 0 Å². The molecule has 26 heavy (non-hydrogen) atoms. The summed E-state index contributed by atoms with van der Waals surface area (Å²) in [5.74, 6) is -0.179. The largest absolute Gasteiger partial charge is 0.326 e. The van der Waals surface area contributed by atoms with E-state index in [-0.39, 0.29) is 23.9 Å². The third-order valence-corrected chi connectivity index (χ3v) is 5.05. The first kappa shape index (κ1) is 18.1. The van der Waals surface area contributed by atoms with Crippen LogP contribution < -0.4 is 5.32 Å². The Bertz CT molecular complexity index is 955. The van der Waals surface area contributed by atoms with Crippen LogP contribution in [-0.2, 0) is 9.59 Å². The van der Waals surface area contributed by atoms with Gasteiger partial charge in [-0.1, -0.05) is 41.6 Å². The van der Waals surface area contributed by atoms with Crippen molar-refractivity contribution in [3.8, 4) is 0 Å². The van der Waals surface area contributed by atoms with Gasteiger partial charge in [-0.15, -0.1) is 0 Å². The molecule has 1 amide bonds. The van der Waals surface area contributed by atoms with E-state index < -0.39 is 0 Å². The lowest BCUT2D eigenvalue weighted by Gasteiger charge is -2.08. The smallest absolute Gasteiger partial charge is 0.231 e. The number of rotatable bonds is 6. The molecular weight excluding hydrogens is 344 g/mol. The molecule has 0 aliphatic carbocycles. The van der Waals surface area contributed by atoms with Crippen molar-refractivity contribution >= 4 is 40.0 Å². The number of carbonyl (C=O) groups is 2. The fraction of sp³-hybridized carbons (Fsp3) is 0.190. The maximum Gasteiger partial charge on any atom is 0.231 e. The molecule has 2 aromatic carbocycles. The zero-order valence-corrected chi connectivity index (χ0v) is 15.6. The Morgan fingerprint density at radius 2 is 1.81 bits per heavy atom. The van der Waals surface area contributed by atoms with Crippen molar-refractivity contribution in [2.24, 2.45) is 0 Å². The number of benzene rings is 2. The van der Waals surface area contributed by atoms with Crippen LogP contribution in [0.25, 0.3) is 10.9 Å². The third kappa shape index (κ3) is 4.70. The molecule has 0 unspecified atom stereocenters. The van der Waals surface area contributed by atoms with Gasteiger partial charge in [-0.05, 0) is 49.7 Å². The number of aryl methyl sites for hydroxylation is 2.